The number of aldehydes is 1. The predicted octanol–water partition coefficient (Wildman–Crippen LogP) is 4.66. The van der Waals surface area contributed by atoms with Crippen molar-refractivity contribution in [2.45, 2.75) is 64.6 Å². The number of alkyl carbamates (subject to hydrolysis) is 1. The molecule has 2 amide bonds. The highest BCUT2D eigenvalue weighted by Gasteiger charge is 2.24. The monoisotopic (exact) mass is 428 g/mol. The molecular weight excluding hydrogens is 392 g/mol. The van der Waals surface area contributed by atoms with Gasteiger partial charge in [0, 0.05) is 19.5 Å². The second-order valence-corrected chi connectivity index (χ2v) is 8.60. The molecule has 0 radical (unpaired) electrons. The predicted molar refractivity (Wildman–Crippen MR) is 123 cm³/mol. The zero-order valence-electron chi connectivity index (χ0n) is 19.0. The number of amides is 2. The van der Waals surface area contributed by atoms with E-state index in [9.17, 15) is 14.4 Å². The summed E-state index contributed by atoms with van der Waals surface area (Å²) in [5, 5.41) is 2.42. The zero-order valence-corrected chi connectivity index (χ0v) is 19.0. The number of benzene rings is 1. The molecule has 2 atom stereocenters. The molecule has 1 saturated heterocycles. The van der Waals surface area contributed by atoms with E-state index in [1.54, 1.807) is 26.8 Å². The molecule has 2 rings (SSSR count). The van der Waals surface area contributed by atoms with Crippen molar-refractivity contribution in [1.82, 2.24) is 10.2 Å². The van der Waals surface area contributed by atoms with Crippen LogP contribution in [0.5, 0.6) is 0 Å². The van der Waals surface area contributed by atoms with Crippen LogP contribution in [0.3, 0.4) is 0 Å². The Hall–Kier alpha value is -2.89. The van der Waals surface area contributed by atoms with Crippen LogP contribution >= 0.6 is 0 Å². The van der Waals surface area contributed by atoms with Gasteiger partial charge in [-0.2, -0.15) is 0 Å². The van der Waals surface area contributed by atoms with Gasteiger partial charge in [-0.05, 0) is 51.5 Å². The van der Waals surface area contributed by atoms with Gasteiger partial charge in [0.1, 0.15) is 11.9 Å². The molecule has 1 fully saturated rings. The highest BCUT2D eigenvalue weighted by molar-refractivity contribution is 5.77. The Bertz CT molecular complexity index is 725. The summed E-state index contributed by atoms with van der Waals surface area (Å²) in [5.41, 5.74) is 0.659. The van der Waals surface area contributed by atoms with Crippen LogP contribution in [0.2, 0.25) is 0 Å². The molecule has 1 aliphatic heterocycles. The van der Waals surface area contributed by atoms with E-state index in [1.807, 2.05) is 29.2 Å². The number of carbonyl (C=O) groups is 3. The molecule has 0 aromatic heterocycles. The molecule has 1 heterocycles. The summed E-state index contributed by atoms with van der Waals surface area (Å²) >= 11 is 0. The van der Waals surface area contributed by atoms with Gasteiger partial charge in [0.2, 0.25) is 5.91 Å². The lowest BCUT2D eigenvalue weighted by atomic mass is 9.94. The minimum absolute atomic E-state index is 0.286. The minimum atomic E-state index is -0.587. The standard InChI is InChI=1S/C15H19NO.C10H17NO3/c1-2-6-13-9-10-15(17)16(11-13)12-14-7-4-3-5-8-14;1-5-6-8(7-12)11-9(13)14-10(2,3)4/h2-5,7-8,13H,1,6,9-12H2;5,7-8H,1,6H2,2-4H3,(H,11,13)/t13-;/m1./s1. The quantitative estimate of drug-likeness (QED) is 0.483. The topological polar surface area (TPSA) is 75.7 Å². The van der Waals surface area contributed by atoms with Gasteiger partial charge in [0.25, 0.3) is 0 Å². The van der Waals surface area contributed by atoms with Crippen molar-refractivity contribution in [1.29, 1.82) is 0 Å². The third kappa shape index (κ3) is 11.2. The van der Waals surface area contributed by atoms with Crippen molar-refractivity contribution in [3.05, 3.63) is 61.2 Å². The van der Waals surface area contributed by atoms with Gasteiger partial charge in [-0.15, -0.1) is 13.2 Å². The van der Waals surface area contributed by atoms with Gasteiger partial charge in [-0.3, -0.25) is 4.79 Å². The zero-order chi connectivity index (χ0) is 23.3. The van der Waals surface area contributed by atoms with Crippen molar-refractivity contribution in [2.24, 2.45) is 5.92 Å². The third-order valence-corrected chi connectivity index (χ3v) is 4.60. The highest BCUT2D eigenvalue weighted by atomic mass is 16.6. The van der Waals surface area contributed by atoms with Crippen LogP contribution in [0.4, 0.5) is 4.79 Å². The van der Waals surface area contributed by atoms with E-state index in [1.165, 1.54) is 5.56 Å². The SMILES string of the molecule is C=CCC(C=O)NC(=O)OC(C)(C)C.C=CC[C@@H]1CCC(=O)N(Cc2ccccc2)C1. The Balaban J connectivity index is 0.000000318. The molecule has 1 aromatic carbocycles. The van der Waals surface area contributed by atoms with E-state index >= 15 is 0 Å². The summed E-state index contributed by atoms with van der Waals surface area (Å²) < 4.78 is 4.97. The molecule has 1 aliphatic rings. The number of nitrogens with zero attached hydrogens (tertiary/aromatic N) is 1. The summed E-state index contributed by atoms with van der Waals surface area (Å²) in [6.07, 6.45) is 6.71. The number of likely N-dealkylation sites (tertiary alicyclic amines) is 1. The first-order chi connectivity index (χ1) is 14.7. The summed E-state index contributed by atoms with van der Waals surface area (Å²) in [4.78, 5) is 35.5. The Labute approximate surface area is 186 Å². The smallest absolute Gasteiger partial charge is 0.408 e. The Kier molecular flexibility index (Phi) is 11.3. The first-order valence-electron chi connectivity index (χ1n) is 10.7. The minimum Gasteiger partial charge on any atom is -0.444 e. The van der Waals surface area contributed by atoms with Crippen LogP contribution in [0.15, 0.2) is 55.6 Å². The summed E-state index contributed by atoms with van der Waals surface area (Å²) in [7, 11) is 0. The molecule has 1 N–H and O–H groups in total. The number of allylic oxidation sites excluding steroid dienone is 1. The maximum atomic E-state index is 11.8. The van der Waals surface area contributed by atoms with Crippen LogP contribution in [-0.2, 0) is 20.9 Å². The molecule has 0 spiro atoms. The molecule has 0 aliphatic carbocycles. The van der Waals surface area contributed by atoms with Crippen molar-refractivity contribution < 1.29 is 19.1 Å². The number of hydrogen-bond acceptors (Lipinski definition) is 4. The van der Waals surface area contributed by atoms with Crippen molar-refractivity contribution in [3.63, 3.8) is 0 Å². The first-order valence-corrected chi connectivity index (χ1v) is 10.7. The van der Waals surface area contributed by atoms with Gasteiger partial charge < -0.3 is 19.7 Å². The van der Waals surface area contributed by atoms with Crippen LogP contribution in [-0.4, -0.2) is 41.4 Å². The van der Waals surface area contributed by atoms with Crippen LogP contribution in [0.25, 0.3) is 0 Å². The van der Waals surface area contributed by atoms with Crippen molar-refractivity contribution >= 4 is 18.3 Å². The van der Waals surface area contributed by atoms with Crippen LogP contribution < -0.4 is 5.32 Å². The van der Waals surface area contributed by atoms with Crippen LogP contribution in [0.1, 0.15) is 52.0 Å². The Morgan fingerprint density at radius 3 is 2.48 bits per heavy atom. The molecule has 1 aromatic rings. The Morgan fingerprint density at radius 1 is 1.26 bits per heavy atom. The van der Waals surface area contributed by atoms with Gasteiger partial charge in [-0.1, -0.05) is 42.5 Å². The summed E-state index contributed by atoms with van der Waals surface area (Å²) in [6, 6.07) is 9.63. The average Bonchev–Trinajstić information content (AvgIpc) is 2.70. The number of rotatable bonds is 8. The molecule has 6 nitrogen and oxygen atoms in total. The number of piperidine rings is 1. The number of ether oxygens (including phenoxy) is 1. The van der Waals surface area contributed by atoms with Gasteiger partial charge in [-0.25, -0.2) is 4.79 Å². The second kappa shape index (κ2) is 13.4. The van der Waals surface area contributed by atoms with Gasteiger partial charge in [0.15, 0.2) is 0 Å². The lowest BCUT2D eigenvalue weighted by Crippen LogP contribution is -2.39. The van der Waals surface area contributed by atoms with Gasteiger partial charge in [0.05, 0.1) is 6.04 Å². The number of carbonyl (C=O) groups excluding carboxylic acids is 3. The highest BCUT2D eigenvalue weighted by Crippen LogP contribution is 2.22. The van der Waals surface area contributed by atoms with E-state index in [0.717, 1.165) is 25.9 Å². The number of hydrogen-bond donors (Lipinski definition) is 1. The second-order valence-electron chi connectivity index (χ2n) is 8.60. The fourth-order valence-corrected chi connectivity index (χ4v) is 3.16. The molecule has 0 bridgehead atoms. The van der Waals surface area contributed by atoms with Crippen molar-refractivity contribution in [3.8, 4) is 0 Å². The Morgan fingerprint density at radius 2 is 1.94 bits per heavy atom. The maximum Gasteiger partial charge on any atom is 0.408 e. The summed E-state index contributed by atoms with van der Waals surface area (Å²) in [6.45, 7) is 14.2. The first kappa shape index (κ1) is 26.1. The fourth-order valence-electron chi connectivity index (χ4n) is 3.16. The molecule has 0 saturated carbocycles. The van der Waals surface area contributed by atoms with Crippen LogP contribution in [0, 0.1) is 5.92 Å². The lowest BCUT2D eigenvalue weighted by Gasteiger charge is -2.32. The summed E-state index contributed by atoms with van der Waals surface area (Å²) in [5.74, 6) is 0.878. The molecule has 170 valence electrons. The molecule has 6 heteroatoms. The van der Waals surface area contributed by atoms with E-state index in [4.69, 9.17) is 4.74 Å². The molecule has 31 heavy (non-hydrogen) atoms. The van der Waals surface area contributed by atoms with E-state index in [2.05, 4.69) is 30.6 Å². The number of nitrogens with one attached hydrogen (secondary N) is 1. The average molecular weight is 429 g/mol. The van der Waals surface area contributed by atoms with E-state index in [0.29, 0.717) is 25.0 Å². The lowest BCUT2D eigenvalue weighted by molar-refractivity contribution is -0.135. The third-order valence-electron chi connectivity index (χ3n) is 4.60. The largest absolute Gasteiger partial charge is 0.444 e. The van der Waals surface area contributed by atoms with Crippen molar-refractivity contribution in [2.75, 3.05) is 6.54 Å². The fraction of sp³-hybridized carbons (Fsp3) is 0.480. The molecule has 1 unspecified atom stereocenters. The van der Waals surface area contributed by atoms with E-state index < -0.39 is 17.7 Å². The van der Waals surface area contributed by atoms with E-state index in [-0.39, 0.29) is 5.91 Å². The maximum absolute atomic E-state index is 11.8. The normalized spacial score (nSPS) is 16.9. The molecular formula is C25H36N2O4. The van der Waals surface area contributed by atoms with Gasteiger partial charge >= 0.3 is 6.09 Å².